The van der Waals surface area contributed by atoms with Crippen LogP contribution in [-0.4, -0.2) is 97.4 Å². The van der Waals surface area contributed by atoms with Crippen molar-refractivity contribution in [2.45, 2.75) is 44.3 Å². The van der Waals surface area contributed by atoms with E-state index in [4.69, 9.17) is 4.74 Å². The molecule has 0 unspecified atom stereocenters. The van der Waals surface area contributed by atoms with Crippen LogP contribution in [0.15, 0.2) is 64.5 Å². The molecule has 16 nitrogen and oxygen atoms in total. The Hall–Kier alpha value is -5.20. The number of nitro groups is 2. The fourth-order valence-electron chi connectivity index (χ4n) is 6.51. The number of aromatic nitrogens is 1. The summed E-state index contributed by atoms with van der Waals surface area (Å²) in [6, 6.07) is 10.9. The highest BCUT2D eigenvalue weighted by Gasteiger charge is 2.60. The number of benzene rings is 2. The molecule has 3 aromatic rings. The molecule has 272 valence electrons. The Bertz CT molecular complexity index is 1960. The topological polar surface area (TPSA) is 207 Å². The van der Waals surface area contributed by atoms with E-state index in [0.29, 0.717) is 34.3 Å². The number of non-ortho nitro benzene ring substituents is 2. The third-order valence-corrected chi connectivity index (χ3v) is 11.6. The molecular formula is C34H34N6O10S2. The molecule has 3 aliphatic heterocycles. The fraction of sp³-hybridized carbons (Fsp3) is 0.382. The number of thioether (sulfide) groups is 1. The first-order chi connectivity index (χ1) is 24.7. The van der Waals surface area contributed by atoms with Crippen LogP contribution in [0.3, 0.4) is 0 Å². The largest absolute Gasteiger partial charge is 0.456 e. The summed E-state index contributed by atoms with van der Waals surface area (Å²) in [5, 5.41) is 34.4. The zero-order chi connectivity index (χ0) is 37.4. The smallest absolute Gasteiger partial charge is 0.356 e. The van der Waals surface area contributed by atoms with Crippen LogP contribution in [0, 0.1) is 32.1 Å². The van der Waals surface area contributed by atoms with Gasteiger partial charge in [-0.3, -0.25) is 34.6 Å². The van der Waals surface area contributed by atoms with Crippen molar-refractivity contribution in [2.24, 2.45) is 11.8 Å². The number of thiazole rings is 1. The zero-order valence-corrected chi connectivity index (χ0v) is 29.9. The van der Waals surface area contributed by atoms with Crippen molar-refractivity contribution in [1.29, 1.82) is 0 Å². The van der Waals surface area contributed by atoms with Crippen LogP contribution in [0.5, 0.6) is 0 Å². The number of hydrogen-bond donors (Lipinski definition) is 1. The molecule has 18 heteroatoms. The maximum absolute atomic E-state index is 13.5. The van der Waals surface area contributed by atoms with Crippen molar-refractivity contribution in [3.05, 3.63) is 102 Å². The molecule has 2 fully saturated rings. The third kappa shape index (κ3) is 7.26. The van der Waals surface area contributed by atoms with Crippen molar-refractivity contribution in [2.75, 3.05) is 31.6 Å². The lowest BCUT2D eigenvalue weighted by atomic mass is 9.79. The zero-order valence-electron chi connectivity index (χ0n) is 28.2. The van der Waals surface area contributed by atoms with Gasteiger partial charge in [-0.2, -0.15) is 0 Å². The lowest BCUT2D eigenvalue weighted by Crippen LogP contribution is -2.63. The lowest BCUT2D eigenvalue weighted by Gasteiger charge is -2.46. The molecule has 2 amide bonds. The van der Waals surface area contributed by atoms with Gasteiger partial charge in [0.25, 0.3) is 17.3 Å². The highest BCUT2D eigenvalue weighted by molar-refractivity contribution is 8.03. The Morgan fingerprint density at radius 2 is 1.65 bits per heavy atom. The minimum Gasteiger partial charge on any atom is -0.456 e. The normalized spacial score (nSPS) is 20.2. The van der Waals surface area contributed by atoms with Crippen LogP contribution in [0.25, 0.3) is 0 Å². The summed E-state index contributed by atoms with van der Waals surface area (Å²) in [6.45, 7) is 4.27. The minimum atomic E-state index is -0.897. The number of amides is 2. The third-order valence-electron chi connectivity index (χ3n) is 9.25. The van der Waals surface area contributed by atoms with E-state index in [0.717, 1.165) is 0 Å². The Morgan fingerprint density at radius 1 is 1.06 bits per heavy atom. The van der Waals surface area contributed by atoms with Crippen LogP contribution in [-0.2, 0) is 32.1 Å². The van der Waals surface area contributed by atoms with Crippen LogP contribution in [0.1, 0.15) is 35.5 Å². The first-order valence-corrected chi connectivity index (χ1v) is 18.0. The molecule has 4 atom stereocenters. The fourth-order valence-corrected chi connectivity index (χ4v) is 8.84. The van der Waals surface area contributed by atoms with Gasteiger partial charge in [-0.25, -0.2) is 9.78 Å². The quantitative estimate of drug-likeness (QED) is 0.108. The Kier molecular flexibility index (Phi) is 10.4. The van der Waals surface area contributed by atoms with E-state index in [1.807, 2.05) is 11.8 Å². The number of anilines is 1. The second kappa shape index (κ2) is 14.8. The Morgan fingerprint density at radius 3 is 2.23 bits per heavy atom. The number of likely N-dealkylation sites (N-methyl/N-ethyl adjacent to an activating group) is 1. The number of fused-ring (bicyclic) bond motifs is 1. The summed E-state index contributed by atoms with van der Waals surface area (Å²) < 4.78 is 5.59. The van der Waals surface area contributed by atoms with E-state index in [1.165, 1.54) is 88.5 Å². The second-order valence-corrected chi connectivity index (χ2v) is 15.1. The number of ketones is 1. The summed E-state index contributed by atoms with van der Waals surface area (Å²) in [7, 11) is 1.51. The van der Waals surface area contributed by atoms with Crippen LogP contribution in [0.4, 0.5) is 16.5 Å². The monoisotopic (exact) mass is 750 g/mol. The summed E-state index contributed by atoms with van der Waals surface area (Å²) in [5.74, 6) is -2.58. The molecule has 0 aliphatic carbocycles. The van der Waals surface area contributed by atoms with E-state index in [2.05, 4.69) is 4.98 Å². The molecule has 2 aromatic carbocycles. The molecule has 0 saturated carbocycles. The van der Waals surface area contributed by atoms with Crippen LogP contribution >= 0.6 is 23.1 Å². The second-order valence-electron chi connectivity index (χ2n) is 12.9. The van der Waals surface area contributed by atoms with Gasteiger partial charge >= 0.3 is 5.97 Å². The number of nitrogens with zero attached hydrogens (tertiary/aromatic N) is 6. The van der Waals surface area contributed by atoms with E-state index in [-0.39, 0.29) is 65.2 Å². The van der Waals surface area contributed by atoms with Gasteiger partial charge in [0.1, 0.15) is 18.0 Å². The van der Waals surface area contributed by atoms with Gasteiger partial charge in [0.15, 0.2) is 10.9 Å². The highest BCUT2D eigenvalue weighted by atomic mass is 32.2. The van der Waals surface area contributed by atoms with Crippen molar-refractivity contribution in [1.82, 2.24) is 14.8 Å². The SMILES string of the molecule is C[C@@H](O)[C@H]1C(=O)N2C(C(=O)OCc3ccc([N+](=O)[O-])cc3)=C(SC3CN(c4nc(C(=O)N(C)CC(=O)Cc5ccc([N+](=O)[O-])cc5)cs4)C3)[C@H](C)[C@H]12. The van der Waals surface area contributed by atoms with Gasteiger partial charge in [-0.05, 0) is 30.2 Å². The molecule has 2 saturated heterocycles. The summed E-state index contributed by atoms with van der Waals surface area (Å²) in [6.07, 6.45) is -0.878. The van der Waals surface area contributed by atoms with Crippen molar-refractivity contribution < 1.29 is 38.9 Å². The van der Waals surface area contributed by atoms with Crippen molar-refractivity contribution >= 4 is 63.2 Å². The molecule has 52 heavy (non-hydrogen) atoms. The first-order valence-electron chi connectivity index (χ1n) is 16.3. The minimum absolute atomic E-state index is 0.0192. The van der Waals surface area contributed by atoms with Gasteiger partial charge in [-0.1, -0.05) is 19.1 Å². The van der Waals surface area contributed by atoms with Gasteiger partial charge in [0.05, 0.1) is 34.5 Å². The number of rotatable bonds is 14. The molecular weight excluding hydrogens is 717 g/mol. The number of β-lactam (4-membered cyclic amide) rings is 1. The predicted octanol–water partition coefficient (Wildman–Crippen LogP) is 3.58. The highest BCUT2D eigenvalue weighted by Crippen LogP contribution is 2.52. The van der Waals surface area contributed by atoms with E-state index in [1.54, 1.807) is 12.3 Å². The molecule has 6 rings (SSSR count). The van der Waals surface area contributed by atoms with Crippen molar-refractivity contribution in [3.8, 4) is 0 Å². The predicted molar refractivity (Wildman–Crippen MR) is 189 cm³/mol. The van der Waals surface area contributed by atoms with Crippen molar-refractivity contribution in [3.63, 3.8) is 0 Å². The van der Waals surface area contributed by atoms with E-state index >= 15 is 0 Å². The molecule has 0 radical (unpaired) electrons. The van der Waals surface area contributed by atoms with Gasteiger partial charge in [0, 0.05) is 72.3 Å². The summed E-state index contributed by atoms with van der Waals surface area (Å²) in [4.78, 5) is 83.0. The van der Waals surface area contributed by atoms with Gasteiger partial charge < -0.3 is 24.5 Å². The van der Waals surface area contributed by atoms with Crippen LogP contribution < -0.4 is 4.90 Å². The molecule has 4 heterocycles. The van der Waals surface area contributed by atoms with Gasteiger partial charge in [-0.15, -0.1) is 23.1 Å². The molecule has 3 aliphatic rings. The number of hydrogen-bond acceptors (Lipinski definition) is 14. The number of aliphatic hydroxyl groups is 1. The Labute approximate surface area is 305 Å². The number of carbonyl (C=O) groups is 4. The molecule has 0 bridgehead atoms. The number of Topliss-reactive ketones (excluding diaryl/α,β-unsaturated/α-hetero) is 1. The molecule has 1 N–H and O–H groups in total. The molecule has 1 aromatic heterocycles. The summed E-state index contributed by atoms with van der Waals surface area (Å²) >= 11 is 2.76. The maximum atomic E-state index is 13.5. The summed E-state index contributed by atoms with van der Waals surface area (Å²) in [5.41, 5.74) is 1.33. The number of aliphatic hydroxyl groups excluding tert-OH is 1. The van der Waals surface area contributed by atoms with E-state index < -0.39 is 39.8 Å². The average molecular weight is 751 g/mol. The van der Waals surface area contributed by atoms with E-state index in [9.17, 15) is 44.5 Å². The number of ether oxygens (including phenoxy) is 1. The number of carbonyl (C=O) groups excluding carboxylic acids is 4. The number of nitro benzene ring substituents is 2. The standard InChI is InChI=1S/C34H34N6O10S2/c1-18-28-27(19(2)41)32(44)38(28)29(33(45)50-16-21-6-10-23(11-7-21)40(48)49)30(18)52-25-14-37(15-25)34-35-26(17-51-34)31(43)36(3)13-24(42)12-20-4-8-22(9-5-20)39(46)47/h4-11,17-19,25,27-28,41H,12-16H2,1-3H3/t18-,19-,27-,28-/m1/s1. The maximum Gasteiger partial charge on any atom is 0.356 e. The molecule has 0 spiro atoms. The van der Waals surface area contributed by atoms with Crippen LogP contribution in [0.2, 0.25) is 0 Å². The van der Waals surface area contributed by atoms with Gasteiger partial charge in [0.2, 0.25) is 5.91 Å². The Balaban J connectivity index is 1.06. The lowest BCUT2D eigenvalue weighted by molar-refractivity contribution is -0.385. The average Bonchev–Trinajstić information content (AvgIpc) is 3.65. The first kappa shape index (κ1) is 36.6. The number of esters is 1.